The first kappa shape index (κ1) is 21.6. The minimum Gasteiger partial charge on any atom is -0.464 e. The average molecular weight is 372 g/mol. The van der Waals surface area contributed by atoms with Crippen molar-refractivity contribution >= 4 is 17.8 Å². The number of piperidine rings is 1. The van der Waals surface area contributed by atoms with Crippen molar-refractivity contribution < 1.29 is 19.4 Å². The number of nitrogens with one attached hydrogen (secondary N) is 1. The molecule has 1 saturated heterocycles. The molecule has 1 fully saturated rings. The molecule has 26 heavy (non-hydrogen) atoms. The first-order valence-corrected chi connectivity index (χ1v) is 8.69. The third-order valence-electron chi connectivity index (χ3n) is 4.18. The number of likely N-dealkylation sites (tertiary alicyclic amines) is 1. The summed E-state index contributed by atoms with van der Waals surface area (Å²) in [7, 11) is 0. The number of amides is 1. The molecule has 1 rings (SSSR count). The van der Waals surface area contributed by atoms with Gasteiger partial charge in [0.2, 0.25) is 5.91 Å². The number of hydrogen-bond acceptors (Lipinski definition) is 7. The lowest BCUT2D eigenvalue weighted by atomic mass is 9.91. The van der Waals surface area contributed by atoms with Crippen LogP contribution >= 0.6 is 0 Å². The Hall–Kier alpha value is -2.43. The predicted octanol–water partition coefficient (Wildman–Crippen LogP) is -0.620. The Morgan fingerprint density at radius 2 is 2.19 bits per heavy atom. The normalized spacial score (nSPS) is 21.8. The molecule has 0 radical (unpaired) electrons. The van der Waals surface area contributed by atoms with E-state index in [1.807, 2.05) is 6.92 Å². The van der Waals surface area contributed by atoms with E-state index in [4.69, 9.17) is 16.2 Å². The van der Waals surface area contributed by atoms with E-state index in [1.54, 1.807) is 12.3 Å². The number of nitrogens with zero attached hydrogens (tertiary/aromatic N) is 3. The fourth-order valence-corrected chi connectivity index (χ4v) is 2.84. The molecule has 1 unspecified atom stereocenters. The SMILES string of the molecule is CCOC(=O)C1C[C@H](C)CCN1C(=O)[C@@H](N)CCCN=C(N)N[N+](=O)[O-]. The van der Waals surface area contributed by atoms with Gasteiger partial charge in [-0.05, 0) is 38.5 Å². The number of ether oxygens (including phenoxy) is 1. The Labute approximate surface area is 152 Å². The van der Waals surface area contributed by atoms with Crippen LogP contribution in [0.3, 0.4) is 0 Å². The number of hydrogen-bond donors (Lipinski definition) is 3. The summed E-state index contributed by atoms with van der Waals surface area (Å²) < 4.78 is 5.08. The highest BCUT2D eigenvalue weighted by Gasteiger charge is 2.37. The minimum absolute atomic E-state index is 0.200. The van der Waals surface area contributed by atoms with Gasteiger partial charge in [0.05, 0.1) is 12.6 Å². The Morgan fingerprint density at radius 1 is 1.50 bits per heavy atom. The summed E-state index contributed by atoms with van der Waals surface area (Å²) in [5, 5.41) is 9.39. The molecule has 3 atom stereocenters. The number of nitro groups is 1. The number of carbonyl (C=O) groups excluding carboxylic acids is 2. The van der Waals surface area contributed by atoms with Gasteiger partial charge in [-0.2, -0.15) is 0 Å². The Bertz CT molecular complexity index is 541. The van der Waals surface area contributed by atoms with E-state index in [2.05, 4.69) is 4.99 Å². The quantitative estimate of drug-likeness (QED) is 0.127. The third kappa shape index (κ3) is 6.82. The molecule has 0 bridgehead atoms. The second-order valence-electron chi connectivity index (χ2n) is 6.31. The molecule has 0 aromatic heterocycles. The number of carbonyl (C=O) groups is 2. The van der Waals surface area contributed by atoms with E-state index >= 15 is 0 Å². The summed E-state index contributed by atoms with van der Waals surface area (Å²) in [6.45, 7) is 4.69. The van der Waals surface area contributed by atoms with Crippen LogP contribution in [0.2, 0.25) is 0 Å². The van der Waals surface area contributed by atoms with E-state index in [0.717, 1.165) is 6.42 Å². The summed E-state index contributed by atoms with van der Waals surface area (Å²) in [5.74, 6) is -0.670. The van der Waals surface area contributed by atoms with Crippen molar-refractivity contribution in [1.82, 2.24) is 10.3 Å². The van der Waals surface area contributed by atoms with Gasteiger partial charge in [0.15, 0.2) is 5.03 Å². The molecule has 1 amide bonds. The van der Waals surface area contributed by atoms with Gasteiger partial charge in [-0.25, -0.2) is 19.9 Å². The first-order valence-electron chi connectivity index (χ1n) is 8.69. The molecular weight excluding hydrogens is 344 g/mol. The lowest BCUT2D eigenvalue weighted by Crippen LogP contribution is -2.55. The molecule has 0 aromatic rings. The van der Waals surface area contributed by atoms with E-state index in [-0.39, 0.29) is 25.0 Å². The van der Waals surface area contributed by atoms with Crippen molar-refractivity contribution in [3.8, 4) is 0 Å². The molecule has 1 aliphatic rings. The van der Waals surface area contributed by atoms with Crippen molar-refractivity contribution in [2.75, 3.05) is 19.7 Å². The number of hydrazine groups is 1. The topological polar surface area (TPSA) is 166 Å². The molecule has 11 nitrogen and oxygen atoms in total. The van der Waals surface area contributed by atoms with Crippen LogP contribution in [-0.2, 0) is 14.3 Å². The average Bonchev–Trinajstić information content (AvgIpc) is 2.57. The van der Waals surface area contributed by atoms with E-state index in [1.165, 1.54) is 4.90 Å². The van der Waals surface area contributed by atoms with Crippen molar-refractivity contribution in [3.63, 3.8) is 0 Å². The van der Waals surface area contributed by atoms with Crippen molar-refractivity contribution in [3.05, 3.63) is 10.1 Å². The van der Waals surface area contributed by atoms with Gasteiger partial charge in [-0.3, -0.25) is 4.79 Å². The standard InChI is InChI=1S/C15H28N6O5/c1-3-26-14(23)12-9-10(2)6-8-20(12)13(22)11(16)5-4-7-18-15(17)19-21(24)25/h10-12H,3-9,16H2,1-2H3,(H3,17,18,19)/t10-,11+,12?/m1/s1. The maximum absolute atomic E-state index is 12.6. The maximum Gasteiger partial charge on any atom is 0.328 e. The molecule has 148 valence electrons. The molecule has 1 aliphatic heterocycles. The number of nitrogens with two attached hydrogens (primary N) is 2. The molecule has 0 aromatic carbocycles. The largest absolute Gasteiger partial charge is 0.464 e. The maximum atomic E-state index is 12.6. The number of rotatable bonds is 8. The van der Waals surface area contributed by atoms with E-state index < -0.39 is 23.1 Å². The van der Waals surface area contributed by atoms with Crippen LogP contribution in [-0.4, -0.2) is 59.5 Å². The molecule has 11 heteroatoms. The van der Waals surface area contributed by atoms with Crippen LogP contribution < -0.4 is 16.9 Å². The lowest BCUT2D eigenvalue weighted by molar-refractivity contribution is -0.525. The highest BCUT2D eigenvalue weighted by atomic mass is 16.7. The van der Waals surface area contributed by atoms with Crippen LogP contribution in [0.25, 0.3) is 0 Å². The highest BCUT2D eigenvalue weighted by molar-refractivity contribution is 5.87. The number of esters is 1. The zero-order chi connectivity index (χ0) is 19.7. The zero-order valence-electron chi connectivity index (χ0n) is 15.2. The van der Waals surface area contributed by atoms with Crippen LogP contribution in [0.4, 0.5) is 0 Å². The van der Waals surface area contributed by atoms with Crippen LogP contribution in [0.1, 0.15) is 39.5 Å². The molecular formula is C15H28N6O5. The molecule has 5 N–H and O–H groups in total. The van der Waals surface area contributed by atoms with Gasteiger partial charge >= 0.3 is 5.97 Å². The number of guanidine groups is 1. The number of aliphatic imine (C=N–C) groups is 1. The minimum atomic E-state index is -0.805. The van der Waals surface area contributed by atoms with Crippen LogP contribution in [0.5, 0.6) is 0 Å². The third-order valence-corrected chi connectivity index (χ3v) is 4.18. The molecule has 1 heterocycles. The Balaban J connectivity index is 2.56. The summed E-state index contributed by atoms with van der Waals surface area (Å²) >= 11 is 0. The van der Waals surface area contributed by atoms with Gasteiger partial charge in [0.1, 0.15) is 6.04 Å². The van der Waals surface area contributed by atoms with Crippen molar-refractivity contribution in [2.45, 2.75) is 51.6 Å². The fraction of sp³-hybridized carbons (Fsp3) is 0.800. The Morgan fingerprint density at radius 3 is 2.81 bits per heavy atom. The van der Waals surface area contributed by atoms with E-state index in [0.29, 0.717) is 31.7 Å². The summed E-state index contributed by atoms with van der Waals surface area (Å²) in [6.07, 6.45) is 2.13. The van der Waals surface area contributed by atoms with Gasteiger partial charge in [0.25, 0.3) is 5.96 Å². The van der Waals surface area contributed by atoms with Gasteiger partial charge in [0, 0.05) is 13.1 Å². The summed E-state index contributed by atoms with van der Waals surface area (Å²) in [6, 6.07) is -1.38. The Kier molecular flexibility index (Phi) is 8.76. The summed E-state index contributed by atoms with van der Waals surface area (Å²) in [5.41, 5.74) is 13.0. The molecule has 0 spiro atoms. The zero-order valence-corrected chi connectivity index (χ0v) is 15.2. The van der Waals surface area contributed by atoms with E-state index in [9.17, 15) is 19.7 Å². The lowest BCUT2D eigenvalue weighted by Gasteiger charge is -2.38. The van der Waals surface area contributed by atoms with Crippen molar-refractivity contribution in [1.29, 1.82) is 0 Å². The second kappa shape index (κ2) is 10.5. The summed E-state index contributed by atoms with van der Waals surface area (Å²) in [4.78, 5) is 40.3. The highest BCUT2D eigenvalue weighted by Crippen LogP contribution is 2.24. The van der Waals surface area contributed by atoms with Crippen LogP contribution in [0, 0.1) is 16.0 Å². The van der Waals surface area contributed by atoms with Gasteiger partial charge < -0.3 is 21.1 Å². The smallest absolute Gasteiger partial charge is 0.328 e. The molecule has 0 saturated carbocycles. The van der Waals surface area contributed by atoms with Gasteiger partial charge in [-0.1, -0.05) is 12.3 Å². The first-order chi connectivity index (χ1) is 12.3. The van der Waals surface area contributed by atoms with Crippen LogP contribution in [0.15, 0.2) is 4.99 Å². The monoisotopic (exact) mass is 372 g/mol. The van der Waals surface area contributed by atoms with Gasteiger partial charge in [-0.15, -0.1) is 0 Å². The predicted molar refractivity (Wildman–Crippen MR) is 94.4 cm³/mol. The second-order valence-corrected chi connectivity index (χ2v) is 6.31. The fourth-order valence-electron chi connectivity index (χ4n) is 2.84. The molecule has 0 aliphatic carbocycles. The van der Waals surface area contributed by atoms with Crippen molar-refractivity contribution in [2.24, 2.45) is 22.4 Å².